The maximum Gasteiger partial charge on any atom is 0.124 e. The third-order valence-electron chi connectivity index (χ3n) is 8.47. The van der Waals surface area contributed by atoms with Crippen LogP contribution < -0.4 is 5.19 Å². The zero-order valence-corrected chi connectivity index (χ0v) is 32.8. The van der Waals surface area contributed by atoms with E-state index in [0.29, 0.717) is 5.92 Å². The molecule has 0 amide bonds. The summed E-state index contributed by atoms with van der Waals surface area (Å²) in [6, 6.07) is 31.5. The van der Waals surface area contributed by atoms with Gasteiger partial charge in [0.15, 0.2) is 0 Å². The zero-order valence-electron chi connectivity index (χ0n) is 29.4. The van der Waals surface area contributed by atoms with Crippen molar-refractivity contribution in [1.29, 1.82) is 0 Å². The van der Waals surface area contributed by atoms with Gasteiger partial charge in [-0.2, -0.15) is 0 Å². The second-order valence-corrected chi connectivity index (χ2v) is 19.2. The molecule has 0 N–H and O–H groups in total. The van der Waals surface area contributed by atoms with Crippen LogP contribution in [0.25, 0.3) is 55.6 Å². The molecule has 249 valence electrons. The molecule has 0 aliphatic heterocycles. The number of aromatic nitrogens is 4. The van der Waals surface area contributed by atoms with E-state index < -0.39 is 8.07 Å². The first-order valence-corrected chi connectivity index (χ1v) is 20.1. The van der Waals surface area contributed by atoms with E-state index in [9.17, 15) is 0 Å². The Morgan fingerprint density at radius 3 is 2.31 bits per heavy atom. The Balaban J connectivity index is 0.000000193. The Kier molecular flexibility index (Phi) is 10.5. The Morgan fingerprint density at radius 1 is 0.875 bits per heavy atom. The van der Waals surface area contributed by atoms with Crippen LogP contribution in [0.3, 0.4) is 0 Å². The standard InChI is InChI=1S/C23H20N3O.C18H24NSi.Ir/c1-13(2)26-19-11-6-5-10-18(19)25-23(26)17-9-7-8-16-21-15(4)24-14(3)12-20(21)27-22(16)17;1-14(2)11-16-12-17(15-9-7-6-8-10-15)19-13-18(16)20(3,4)5;/h5-8,10-13H,1-4H3;6-9,12-14H,11H2,1-5H3;/q2*-1;. The van der Waals surface area contributed by atoms with Crippen LogP contribution in [-0.2, 0) is 26.5 Å². The average Bonchev–Trinajstić information content (AvgIpc) is 3.60. The molecule has 7 aromatic rings. The van der Waals surface area contributed by atoms with Gasteiger partial charge < -0.3 is 14.0 Å². The van der Waals surface area contributed by atoms with Crippen molar-refractivity contribution >= 4 is 46.2 Å². The molecule has 0 fully saturated rings. The molecule has 0 aliphatic carbocycles. The number of fused-ring (bicyclic) bond motifs is 4. The summed E-state index contributed by atoms with van der Waals surface area (Å²) in [5.74, 6) is 1.55. The van der Waals surface area contributed by atoms with Gasteiger partial charge >= 0.3 is 0 Å². The van der Waals surface area contributed by atoms with E-state index in [-0.39, 0.29) is 26.1 Å². The normalized spacial score (nSPS) is 11.7. The van der Waals surface area contributed by atoms with E-state index in [1.165, 1.54) is 10.8 Å². The smallest absolute Gasteiger partial charge is 0.124 e. The van der Waals surface area contributed by atoms with E-state index in [1.807, 2.05) is 56.3 Å². The molecule has 0 aliphatic rings. The van der Waals surface area contributed by atoms with Gasteiger partial charge in [0.2, 0.25) is 0 Å². The third-order valence-corrected chi connectivity index (χ3v) is 10.5. The molecule has 0 unspecified atom stereocenters. The summed E-state index contributed by atoms with van der Waals surface area (Å²) < 4.78 is 8.56. The average molecular weight is 829 g/mol. The number of pyridine rings is 2. The predicted octanol–water partition coefficient (Wildman–Crippen LogP) is 10.3. The Morgan fingerprint density at radius 2 is 1.62 bits per heavy atom. The van der Waals surface area contributed by atoms with E-state index in [4.69, 9.17) is 9.40 Å². The fourth-order valence-electron chi connectivity index (χ4n) is 6.49. The van der Waals surface area contributed by atoms with Crippen LogP contribution in [0.2, 0.25) is 19.6 Å². The summed E-state index contributed by atoms with van der Waals surface area (Å²) in [5.41, 5.74) is 10.2. The molecule has 3 aromatic carbocycles. The summed E-state index contributed by atoms with van der Waals surface area (Å²) >= 11 is 0. The molecule has 4 aromatic heterocycles. The van der Waals surface area contributed by atoms with Crippen molar-refractivity contribution in [2.24, 2.45) is 5.92 Å². The summed E-state index contributed by atoms with van der Waals surface area (Å²) in [4.78, 5) is 14.2. The Bertz CT molecular complexity index is 2190. The fraction of sp³-hybridized carbons (Fsp3) is 0.293. The molecule has 0 spiro atoms. The number of aryl methyl sites for hydroxylation is 2. The van der Waals surface area contributed by atoms with Gasteiger partial charge in [-0.1, -0.05) is 68.2 Å². The van der Waals surface area contributed by atoms with Crippen molar-refractivity contribution in [3.63, 3.8) is 0 Å². The first-order chi connectivity index (χ1) is 22.4. The zero-order chi connectivity index (χ0) is 33.5. The van der Waals surface area contributed by atoms with E-state index in [2.05, 4.69) is 111 Å². The molecule has 5 nitrogen and oxygen atoms in total. The molecule has 0 saturated heterocycles. The van der Waals surface area contributed by atoms with Crippen LogP contribution in [0, 0.1) is 31.9 Å². The minimum Gasteiger partial charge on any atom is -0.500 e. The molecule has 7 heteroatoms. The van der Waals surface area contributed by atoms with Gasteiger partial charge in [-0.3, -0.25) is 9.97 Å². The van der Waals surface area contributed by atoms with Crippen LogP contribution in [0.15, 0.2) is 83.4 Å². The van der Waals surface area contributed by atoms with Crippen molar-refractivity contribution in [2.75, 3.05) is 0 Å². The fourth-order valence-corrected chi connectivity index (χ4v) is 8.08. The van der Waals surface area contributed by atoms with Crippen molar-refractivity contribution < 1.29 is 24.5 Å². The number of hydrogen-bond acceptors (Lipinski definition) is 4. The topological polar surface area (TPSA) is 56.7 Å². The number of hydrogen-bond donors (Lipinski definition) is 0. The molecular weight excluding hydrogens is 785 g/mol. The van der Waals surface area contributed by atoms with Crippen LogP contribution in [0.5, 0.6) is 0 Å². The first kappa shape index (κ1) is 35.4. The minimum absolute atomic E-state index is 0. The van der Waals surface area contributed by atoms with Gasteiger partial charge in [0, 0.05) is 55.2 Å². The molecule has 0 bridgehead atoms. The summed E-state index contributed by atoms with van der Waals surface area (Å²) in [7, 11) is -1.34. The molecule has 0 saturated carbocycles. The van der Waals surface area contributed by atoms with Gasteiger partial charge in [0.05, 0.1) is 30.5 Å². The van der Waals surface area contributed by atoms with Crippen molar-refractivity contribution in [1.82, 2.24) is 19.5 Å². The van der Waals surface area contributed by atoms with E-state index in [0.717, 1.165) is 73.4 Å². The Labute approximate surface area is 299 Å². The summed E-state index contributed by atoms with van der Waals surface area (Å²) in [6.07, 6.45) is 3.24. The SMILES string of the molecule is CC(C)Cc1cc(-c2[c-]cccc2)ncc1[Si](C)(C)C.Cc1cc2oc3c(-c4nc5ccccc5n4C(C)C)[c-]ccc3c2c(C)n1.[Ir]. The van der Waals surface area contributed by atoms with Gasteiger partial charge in [0.25, 0.3) is 0 Å². The molecule has 7 rings (SSSR count). The molecular formula is C41H44IrN4OSi-2. The monoisotopic (exact) mass is 829 g/mol. The molecule has 4 heterocycles. The summed E-state index contributed by atoms with van der Waals surface area (Å²) in [5, 5.41) is 3.62. The van der Waals surface area contributed by atoms with Crippen LogP contribution in [-0.4, -0.2) is 27.6 Å². The van der Waals surface area contributed by atoms with Crippen LogP contribution >= 0.6 is 0 Å². The van der Waals surface area contributed by atoms with Gasteiger partial charge in [0.1, 0.15) is 5.58 Å². The quantitative estimate of drug-likeness (QED) is 0.124. The number of nitrogens with zero attached hydrogens (tertiary/aromatic N) is 4. The maximum absolute atomic E-state index is 6.31. The van der Waals surface area contributed by atoms with Crippen LogP contribution in [0.4, 0.5) is 0 Å². The van der Waals surface area contributed by atoms with Crippen LogP contribution in [0.1, 0.15) is 50.7 Å². The molecule has 0 atom stereocenters. The number of imidazole rings is 1. The number of benzene rings is 3. The van der Waals surface area contributed by atoms with Crippen molar-refractivity contribution in [3.8, 4) is 22.6 Å². The number of para-hydroxylation sites is 2. The summed E-state index contributed by atoms with van der Waals surface area (Å²) in [6.45, 7) is 20.1. The van der Waals surface area contributed by atoms with Gasteiger partial charge in [-0.05, 0) is 63.0 Å². The first-order valence-electron chi connectivity index (χ1n) is 16.6. The van der Waals surface area contributed by atoms with E-state index >= 15 is 0 Å². The van der Waals surface area contributed by atoms with Gasteiger partial charge in [-0.25, -0.2) is 0 Å². The van der Waals surface area contributed by atoms with Gasteiger partial charge in [-0.15, -0.1) is 54.1 Å². The number of furan rings is 1. The number of rotatable bonds is 6. The van der Waals surface area contributed by atoms with Crippen molar-refractivity contribution in [2.45, 2.75) is 73.6 Å². The molecule has 1 radical (unpaired) electrons. The van der Waals surface area contributed by atoms with Crippen molar-refractivity contribution in [3.05, 3.63) is 108 Å². The Hall–Kier alpha value is -3.90. The largest absolute Gasteiger partial charge is 0.500 e. The third kappa shape index (κ3) is 7.10. The second-order valence-electron chi connectivity index (χ2n) is 14.2. The minimum atomic E-state index is -1.34. The predicted molar refractivity (Wildman–Crippen MR) is 199 cm³/mol. The second kappa shape index (κ2) is 14.3. The van der Waals surface area contributed by atoms with E-state index in [1.54, 1.807) is 0 Å². The maximum atomic E-state index is 6.31. The molecule has 48 heavy (non-hydrogen) atoms.